The Hall–Kier alpha value is -2.95. The number of para-hydroxylation sites is 1. The van der Waals surface area contributed by atoms with E-state index in [0.717, 1.165) is 38.4 Å². The Balaban J connectivity index is 1.58. The topological polar surface area (TPSA) is 12.5 Å². The number of halogens is 2. The molecular weight excluding hydrogens is 405 g/mol. The van der Waals surface area contributed by atoms with Crippen LogP contribution in [0.15, 0.2) is 101 Å². The summed E-state index contributed by atoms with van der Waals surface area (Å²) in [6.45, 7) is 0. The van der Waals surface area contributed by atoms with Crippen LogP contribution in [0.3, 0.4) is 0 Å². The molecule has 0 amide bonds. The zero-order valence-corrected chi connectivity index (χ0v) is 16.8. The maximum atomic E-state index is 13.5. The molecule has 0 N–H and O–H groups in total. The summed E-state index contributed by atoms with van der Waals surface area (Å²) in [5.41, 5.74) is 2.84. The van der Waals surface area contributed by atoms with Crippen molar-refractivity contribution < 1.29 is 9.13 Å². The highest BCUT2D eigenvalue weighted by Gasteiger charge is 2.21. The summed E-state index contributed by atoms with van der Waals surface area (Å²) in [6.07, 6.45) is 0. The van der Waals surface area contributed by atoms with Gasteiger partial charge in [-0.25, -0.2) is 4.39 Å². The third kappa shape index (κ3) is 3.57. The Kier molecular flexibility index (Phi) is 4.66. The van der Waals surface area contributed by atoms with E-state index >= 15 is 0 Å². The quantitative estimate of drug-likeness (QED) is 0.292. The van der Waals surface area contributed by atoms with E-state index in [2.05, 4.69) is 11.0 Å². The van der Waals surface area contributed by atoms with Crippen LogP contribution >= 0.6 is 23.4 Å². The van der Waals surface area contributed by atoms with E-state index in [9.17, 15) is 4.39 Å². The molecule has 0 saturated heterocycles. The minimum Gasteiger partial charge on any atom is -0.455 e. The molecule has 0 saturated carbocycles. The maximum absolute atomic E-state index is 13.5. The van der Waals surface area contributed by atoms with Gasteiger partial charge in [-0.1, -0.05) is 41.6 Å². The number of hydrogen-bond donors (Lipinski definition) is 0. The van der Waals surface area contributed by atoms with Gasteiger partial charge in [0.2, 0.25) is 0 Å². The van der Waals surface area contributed by atoms with Gasteiger partial charge in [-0.05, 0) is 66.7 Å². The molecule has 29 heavy (non-hydrogen) atoms. The minimum absolute atomic E-state index is 0.258. The number of rotatable bonds is 3. The van der Waals surface area contributed by atoms with Crippen molar-refractivity contribution in [2.24, 2.45) is 0 Å². The van der Waals surface area contributed by atoms with Crippen LogP contribution in [0.5, 0.6) is 11.5 Å². The van der Waals surface area contributed by atoms with E-state index in [4.69, 9.17) is 16.3 Å². The van der Waals surface area contributed by atoms with Crippen molar-refractivity contribution in [2.75, 3.05) is 4.90 Å². The lowest BCUT2D eigenvalue weighted by Crippen LogP contribution is -2.10. The largest absolute Gasteiger partial charge is 0.455 e. The number of benzene rings is 4. The first-order valence-corrected chi connectivity index (χ1v) is 10.3. The maximum Gasteiger partial charge on any atom is 0.142 e. The third-order valence-corrected chi connectivity index (χ3v) is 5.96. The molecule has 4 aromatic carbocycles. The van der Waals surface area contributed by atoms with Gasteiger partial charge in [0, 0.05) is 28.2 Å². The Labute approximate surface area is 177 Å². The molecule has 142 valence electrons. The first-order chi connectivity index (χ1) is 14.2. The highest BCUT2D eigenvalue weighted by Crippen LogP contribution is 2.49. The van der Waals surface area contributed by atoms with Gasteiger partial charge in [-0.15, -0.1) is 0 Å². The van der Waals surface area contributed by atoms with E-state index in [1.54, 1.807) is 23.9 Å². The van der Waals surface area contributed by atoms with Crippen molar-refractivity contribution >= 4 is 40.4 Å². The fraction of sp³-hybridized carbons (Fsp3) is 0. The lowest BCUT2D eigenvalue weighted by molar-refractivity contribution is 0.454. The van der Waals surface area contributed by atoms with Gasteiger partial charge in [0.05, 0.1) is 9.79 Å². The zero-order valence-electron chi connectivity index (χ0n) is 15.2. The van der Waals surface area contributed by atoms with Gasteiger partial charge in [0.1, 0.15) is 17.3 Å². The first-order valence-electron chi connectivity index (χ1n) is 9.07. The van der Waals surface area contributed by atoms with Gasteiger partial charge in [0.25, 0.3) is 0 Å². The van der Waals surface area contributed by atoms with Crippen LogP contribution in [-0.4, -0.2) is 0 Å². The second kappa shape index (κ2) is 7.47. The second-order valence-corrected chi connectivity index (χ2v) is 8.09. The molecule has 0 spiro atoms. The smallest absolute Gasteiger partial charge is 0.142 e. The Morgan fingerprint density at radius 3 is 2.21 bits per heavy atom. The van der Waals surface area contributed by atoms with Gasteiger partial charge >= 0.3 is 0 Å². The second-order valence-electron chi connectivity index (χ2n) is 6.57. The number of anilines is 3. The molecule has 1 heterocycles. The van der Waals surface area contributed by atoms with E-state index < -0.39 is 0 Å². The number of fused-ring (bicyclic) bond motifs is 2. The monoisotopic (exact) mass is 419 g/mol. The normalized spacial score (nSPS) is 11.9. The third-order valence-electron chi connectivity index (χ3n) is 4.63. The van der Waals surface area contributed by atoms with Crippen LogP contribution in [0, 0.1) is 5.82 Å². The molecule has 1 aliphatic rings. The van der Waals surface area contributed by atoms with Crippen molar-refractivity contribution in [3.05, 3.63) is 102 Å². The average molecular weight is 420 g/mol. The number of hydrogen-bond acceptors (Lipinski definition) is 3. The Morgan fingerprint density at radius 1 is 0.690 bits per heavy atom. The summed E-state index contributed by atoms with van der Waals surface area (Å²) in [7, 11) is 0. The highest BCUT2D eigenvalue weighted by molar-refractivity contribution is 7.99. The van der Waals surface area contributed by atoms with Crippen molar-refractivity contribution in [1.82, 2.24) is 0 Å². The molecule has 0 unspecified atom stereocenters. The molecule has 0 atom stereocenters. The van der Waals surface area contributed by atoms with E-state index in [-0.39, 0.29) is 5.82 Å². The van der Waals surface area contributed by atoms with Crippen molar-refractivity contribution in [2.45, 2.75) is 9.79 Å². The molecule has 5 heteroatoms. The summed E-state index contributed by atoms with van der Waals surface area (Å²) in [4.78, 5) is 4.13. The lowest BCUT2D eigenvalue weighted by atomic mass is 10.2. The van der Waals surface area contributed by atoms with E-state index in [1.807, 2.05) is 60.7 Å². The molecule has 0 aromatic heterocycles. The standard InChI is InChI=1S/C24H15ClFNOS/c25-16-6-13-23-22(14-16)28-21-12-11-20(15-24(21)29-23)27(18-4-2-1-3-5-18)19-9-7-17(26)8-10-19/h1-15H. The molecule has 0 fully saturated rings. The molecule has 0 bridgehead atoms. The van der Waals surface area contributed by atoms with Crippen LogP contribution in [0.2, 0.25) is 5.02 Å². The molecule has 2 nitrogen and oxygen atoms in total. The van der Waals surface area contributed by atoms with Crippen LogP contribution in [0.25, 0.3) is 0 Å². The van der Waals surface area contributed by atoms with Crippen molar-refractivity contribution in [3.8, 4) is 11.5 Å². The summed E-state index contributed by atoms with van der Waals surface area (Å²) in [5.74, 6) is 1.30. The molecule has 0 aliphatic carbocycles. The summed E-state index contributed by atoms with van der Waals surface area (Å²) < 4.78 is 19.5. The van der Waals surface area contributed by atoms with Gasteiger partial charge in [-0.3, -0.25) is 0 Å². The van der Waals surface area contributed by atoms with Gasteiger partial charge in [0.15, 0.2) is 0 Å². The molecule has 5 rings (SSSR count). The van der Waals surface area contributed by atoms with E-state index in [0.29, 0.717) is 5.02 Å². The SMILES string of the molecule is Fc1ccc(N(c2ccccc2)c2ccc3c(c2)Sc2ccc(Cl)cc2O3)cc1. The first kappa shape index (κ1) is 18.1. The average Bonchev–Trinajstić information content (AvgIpc) is 2.75. The van der Waals surface area contributed by atoms with Crippen LogP contribution in [-0.2, 0) is 0 Å². The molecule has 0 radical (unpaired) electrons. The fourth-order valence-corrected chi connectivity index (χ4v) is 4.42. The summed E-state index contributed by atoms with van der Waals surface area (Å²) in [6, 6.07) is 28.2. The van der Waals surface area contributed by atoms with Gasteiger partial charge < -0.3 is 9.64 Å². The Bertz CT molecular complexity index is 1180. The predicted octanol–water partition coefficient (Wildman–Crippen LogP) is 8.21. The summed E-state index contributed by atoms with van der Waals surface area (Å²) >= 11 is 7.74. The fourth-order valence-electron chi connectivity index (χ4n) is 3.30. The lowest BCUT2D eigenvalue weighted by Gasteiger charge is -2.27. The van der Waals surface area contributed by atoms with E-state index in [1.165, 1.54) is 12.1 Å². The minimum atomic E-state index is -0.258. The zero-order chi connectivity index (χ0) is 19.8. The highest BCUT2D eigenvalue weighted by atomic mass is 35.5. The van der Waals surface area contributed by atoms with Crippen LogP contribution < -0.4 is 9.64 Å². The molecule has 4 aromatic rings. The predicted molar refractivity (Wildman–Crippen MR) is 117 cm³/mol. The van der Waals surface area contributed by atoms with Crippen molar-refractivity contribution in [1.29, 1.82) is 0 Å². The molecule has 1 aliphatic heterocycles. The van der Waals surface area contributed by atoms with Crippen LogP contribution in [0.1, 0.15) is 0 Å². The summed E-state index contributed by atoms with van der Waals surface area (Å²) in [5, 5.41) is 0.649. The Morgan fingerprint density at radius 2 is 1.41 bits per heavy atom. The van der Waals surface area contributed by atoms with Crippen LogP contribution in [0.4, 0.5) is 21.5 Å². The van der Waals surface area contributed by atoms with Crippen molar-refractivity contribution in [3.63, 3.8) is 0 Å². The molecular formula is C24H15ClFNOS. The van der Waals surface area contributed by atoms with Gasteiger partial charge in [-0.2, -0.15) is 0 Å². The number of ether oxygens (including phenoxy) is 1. The number of nitrogens with zero attached hydrogens (tertiary/aromatic N) is 1.